The number of benzene rings is 2. The second-order valence-electron chi connectivity index (χ2n) is 5.90. The predicted octanol–water partition coefficient (Wildman–Crippen LogP) is 5.73. The zero-order valence-electron chi connectivity index (χ0n) is 14.9. The molecule has 0 aromatic heterocycles. The van der Waals surface area contributed by atoms with E-state index in [4.69, 9.17) is 5.26 Å². The molecule has 0 spiro atoms. The highest BCUT2D eigenvalue weighted by molar-refractivity contribution is 7.99. The molecule has 0 aliphatic heterocycles. The number of nitriles is 1. The zero-order valence-corrected chi connectivity index (χ0v) is 15.7. The molecule has 0 N–H and O–H groups in total. The lowest BCUT2D eigenvalue weighted by atomic mass is 9.93. The van der Waals surface area contributed by atoms with Gasteiger partial charge in [-0.3, -0.25) is 4.79 Å². The molecule has 0 heterocycles. The van der Waals surface area contributed by atoms with E-state index in [1.54, 1.807) is 11.8 Å². The highest BCUT2D eigenvalue weighted by Gasteiger charge is 2.09. The predicted molar refractivity (Wildman–Crippen MR) is 105 cm³/mol. The van der Waals surface area contributed by atoms with Gasteiger partial charge in [0.2, 0.25) is 0 Å². The van der Waals surface area contributed by atoms with Crippen molar-refractivity contribution >= 4 is 17.7 Å². The van der Waals surface area contributed by atoms with Crippen LogP contribution < -0.4 is 0 Å². The second kappa shape index (κ2) is 11.2. The summed E-state index contributed by atoms with van der Waals surface area (Å²) in [6.07, 6.45) is 6.54. The number of hydrogen-bond acceptors (Lipinski definition) is 4. The lowest BCUT2D eigenvalue weighted by molar-refractivity contribution is -0.140. The van der Waals surface area contributed by atoms with Gasteiger partial charge >= 0.3 is 5.97 Å². The van der Waals surface area contributed by atoms with Crippen LogP contribution >= 0.6 is 11.8 Å². The molecular formula is C22H23NO2S. The van der Waals surface area contributed by atoms with Gasteiger partial charge in [0.05, 0.1) is 13.2 Å². The van der Waals surface area contributed by atoms with E-state index in [1.807, 2.05) is 24.3 Å². The average Bonchev–Trinajstić information content (AvgIpc) is 2.69. The Morgan fingerprint density at radius 1 is 1.12 bits per heavy atom. The fraction of sp³-hybridized carbons (Fsp3) is 0.273. The van der Waals surface area contributed by atoms with Crippen LogP contribution in [0.25, 0.3) is 0 Å². The van der Waals surface area contributed by atoms with Gasteiger partial charge in [-0.1, -0.05) is 54.6 Å². The maximum absolute atomic E-state index is 11.2. The molecule has 1 atom stereocenters. The summed E-state index contributed by atoms with van der Waals surface area (Å²) in [5.74, 6) is 0.0134. The summed E-state index contributed by atoms with van der Waals surface area (Å²) >= 11 is 1.73. The van der Waals surface area contributed by atoms with E-state index in [0.29, 0.717) is 6.42 Å². The Bertz CT molecular complexity index is 748. The van der Waals surface area contributed by atoms with Crippen molar-refractivity contribution in [3.8, 4) is 6.07 Å². The first-order valence-electron chi connectivity index (χ1n) is 8.69. The first kappa shape index (κ1) is 19.8. The minimum absolute atomic E-state index is 0.170. The number of carbonyl (C=O) groups is 1. The summed E-state index contributed by atoms with van der Waals surface area (Å²) in [4.78, 5) is 13.6. The third kappa shape index (κ3) is 6.78. The van der Waals surface area contributed by atoms with E-state index >= 15 is 0 Å². The molecule has 0 amide bonds. The lowest BCUT2D eigenvalue weighted by Crippen LogP contribution is -2.01. The first-order chi connectivity index (χ1) is 12.7. The van der Waals surface area contributed by atoms with E-state index in [-0.39, 0.29) is 11.9 Å². The van der Waals surface area contributed by atoms with E-state index in [0.717, 1.165) is 19.3 Å². The monoisotopic (exact) mass is 365 g/mol. The van der Waals surface area contributed by atoms with Crippen molar-refractivity contribution in [2.75, 3.05) is 7.11 Å². The lowest BCUT2D eigenvalue weighted by Gasteiger charge is -2.13. The highest BCUT2D eigenvalue weighted by atomic mass is 32.2. The average molecular weight is 365 g/mol. The molecular weight excluding hydrogens is 342 g/mol. The van der Waals surface area contributed by atoms with Crippen molar-refractivity contribution in [3.05, 3.63) is 72.3 Å². The maximum Gasteiger partial charge on any atom is 0.305 e. The van der Waals surface area contributed by atoms with Crippen molar-refractivity contribution in [2.45, 2.75) is 41.4 Å². The topological polar surface area (TPSA) is 50.1 Å². The number of carbonyl (C=O) groups excluding carboxylic acids is 1. The van der Waals surface area contributed by atoms with Crippen LogP contribution in [-0.4, -0.2) is 13.1 Å². The number of allylic oxidation sites excluding steroid dienone is 2. The van der Waals surface area contributed by atoms with Crippen LogP contribution in [0.5, 0.6) is 0 Å². The van der Waals surface area contributed by atoms with Crippen LogP contribution in [0.15, 0.2) is 76.5 Å². The van der Waals surface area contributed by atoms with Gasteiger partial charge < -0.3 is 4.74 Å². The zero-order chi connectivity index (χ0) is 18.6. The summed E-state index contributed by atoms with van der Waals surface area (Å²) < 4.78 is 4.67. The van der Waals surface area contributed by atoms with Crippen LogP contribution in [0.1, 0.15) is 37.2 Å². The third-order valence-electron chi connectivity index (χ3n) is 4.06. The standard InChI is InChI=1S/C22H23NO2S/c1-25-22(24)12-6-5-8-18(9-7-17-23)19-13-15-21(16-14-19)26-20-10-3-2-4-11-20/h2-4,7,9-11,13-16,18H,5-6,8,12H2,1H3/b9-7+. The van der Waals surface area contributed by atoms with E-state index in [9.17, 15) is 4.79 Å². The number of methoxy groups -OCH3 is 1. The van der Waals surface area contributed by atoms with Gasteiger partial charge in [-0.15, -0.1) is 0 Å². The van der Waals surface area contributed by atoms with Crippen molar-refractivity contribution in [3.63, 3.8) is 0 Å². The van der Waals surface area contributed by atoms with Crippen LogP contribution in [0.2, 0.25) is 0 Å². The van der Waals surface area contributed by atoms with Crippen LogP contribution in [-0.2, 0) is 9.53 Å². The molecule has 2 aromatic carbocycles. The minimum Gasteiger partial charge on any atom is -0.469 e. The summed E-state index contributed by atoms with van der Waals surface area (Å²) in [7, 11) is 1.41. The van der Waals surface area contributed by atoms with Crippen molar-refractivity contribution < 1.29 is 9.53 Å². The van der Waals surface area contributed by atoms with Gasteiger partial charge in [0, 0.05) is 28.2 Å². The minimum atomic E-state index is -0.170. The van der Waals surface area contributed by atoms with Crippen molar-refractivity contribution in [2.24, 2.45) is 0 Å². The van der Waals surface area contributed by atoms with Crippen LogP contribution in [0.4, 0.5) is 0 Å². The normalized spacial score (nSPS) is 11.8. The SMILES string of the molecule is COC(=O)CCCCC(/C=C/C#N)c1ccc(Sc2ccccc2)cc1. The molecule has 3 nitrogen and oxygen atoms in total. The van der Waals surface area contributed by atoms with Crippen molar-refractivity contribution in [1.82, 2.24) is 0 Å². The molecule has 4 heteroatoms. The quantitative estimate of drug-likeness (QED) is 0.323. The van der Waals surface area contributed by atoms with Gasteiger partial charge in [0.15, 0.2) is 0 Å². The molecule has 0 radical (unpaired) electrons. The van der Waals surface area contributed by atoms with Gasteiger partial charge in [-0.2, -0.15) is 5.26 Å². The molecule has 26 heavy (non-hydrogen) atoms. The Labute approximate surface area is 159 Å². The van der Waals surface area contributed by atoms with Gasteiger partial charge in [-0.05, 0) is 42.7 Å². The van der Waals surface area contributed by atoms with Crippen LogP contribution in [0, 0.1) is 11.3 Å². The maximum atomic E-state index is 11.2. The summed E-state index contributed by atoms with van der Waals surface area (Å²) in [5.41, 5.74) is 1.19. The largest absolute Gasteiger partial charge is 0.469 e. The molecule has 2 aromatic rings. The molecule has 0 aliphatic carbocycles. The van der Waals surface area contributed by atoms with E-state index in [1.165, 1.54) is 28.5 Å². The number of rotatable bonds is 9. The Morgan fingerprint density at radius 2 is 1.81 bits per heavy atom. The number of unbranched alkanes of at least 4 members (excludes halogenated alkanes) is 1. The Balaban J connectivity index is 1.97. The summed E-state index contributed by atoms with van der Waals surface area (Å²) in [5, 5.41) is 8.85. The molecule has 2 rings (SSSR count). The molecule has 0 saturated carbocycles. The van der Waals surface area contributed by atoms with Gasteiger partial charge in [0.25, 0.3) is 0 Å². The number of nitrogens with zero attached hydrogens (tertiary/aromatic N) is 1. The first-order valence-corrected chi connectivity index (χ1v) is 9.50. The summed E-state index contributed by atoms with van der Waals surface area (Å²) in [6.45, 7) is 0. The third-order valence-corrected chi connectivity index (χ3v) is 5.08. The fourth-order valence-electron chi connectivity index (χ4n) is 2.68. The molecule has 0 bridgehead atoms. The molecule has 0 saturated heterocycles. The Morgan fingerprint density at radius 3 is 2.46 bits per heavy atom. The Kier molecular flexibility index (Phi) is 8.51. The fourth-order valence-corrected chi connectivity index (χ4v) is 3.51. The number of hydrogen-bond donors (Lipinski definition) is 0. The highest BCUT2D eigenvalue weighted by Crippen LogP contribution is 2.30. The molecule has 1 unspecified atom stereocenters. The molecule has 134 valence electrons. The van der Waals surface area contributed by atoms with E-state index in [2.05, 4.69) is 47.2 Å². The number of ether oxygens (including phenoxy) is 1. The molecule has 0 fully saturated rings. The smallest absolute Gasteiger partial charge is 0.305 e. The summed E-state index contributed by atoms with van der Waals surface area (Å²) in [6, 6.07) is 20.8. The van der Waals surface area contributed by atoms with Crippen LogP contribution in [0.3, 0.4) is 0 Å². The van der Waals surface area contributed by atoms with E-state index < -0.39 is 0 Å². The molecule has 0 aliphatic rings. The second-order valence-corrected chi connectivity index (χ2v) is 7.05. The van der Waals surface area contributed by atoms with Gasteiger partial charge in [-0.25, -0.2) is 0 Å². The van der Waals surface area contributed by atoms with Gasteiger partial charge in [0.1, 0.15) is 0 Å². The number of esters is 1. The Hall–Kier alpha value is -2.51. The van der Waals surface area contributed by atoms with Crippen molar-refractivity contribution in [1.29, 1.82) is 5.26 Å².